The van der Waals surface area contributed by atoms with Crippen LogP contribution >= 0.6 is 0 Å². The highest BCUT2D eigenvalue weighted by Gasteiger charge is 2.34. The predicted molar refractivity (Wildman–Crippen MR) is 74.0 cm³/mol. The van der Waals surface area contributed by atoms with Crippen LogP contribution in [0.15, 0.2) is 0 Å². The molecule has 1 rings (SSSR count). The Hall–Kier alpha value is -1.59. The quantitative estimate of drug-likeness (QED) is 0.762. The third-order valence-electron chi connectivity index (χ3n) is 3.65. The molecule has 6 heteroatoms. The van der Waals surface area contributed by atoms with E-state index in [2.05, 4.69) is 5.32 Å². The summed E-state index contributed by atoms with van der Waals surface area (Å²) in [5.74, 6) is -1.66. The normalized spacial score (nSPS) is 17.0. The lowest BCUT2D eigenvalue weighted by Crippen LogP contribution is -2.54. The Kier molecular flexibility index (Phi) is 5.98. The van der Waals surface area contributed by atoms with Crippen LogP contribution < -0.4 is 5.32 Å². The zero-order valence-corrected chi connectivity index (χ0v) is 12.4. The van der Waals surface area contributed by atoms with Crippen LogP contribution in [0.2, 0.25) is 0 Å². The fraction of sp³-hybridized carbons (Fsp3) is 0.786. The van der Waals surface area contributed by atoms with Crippen molar-refractivity contribution in [3.8, 4) is 0 Å². The van der Waals surface area contributed by atoms with Crippen molar-refractivity contribution >= 4 is 17.8 Å². The second-order valence-corrected chi connectivity index (χ2v) is 5.72. The smallest absolute Gasteiger partial charge is 0.323 e. The summed E-state index contributed by atoms with van der Waals surface area (Å²) in [4.78, 5) is 36.3. The Bertz CT molecular complexity index is 375. The van der Waals surface area contributed by atoms with Gasteiger partial charge in [0.15, 0.2) is 0 Å². The Morgan fingerprint density at radius 1 is 1.25 bits per heavy atom. The average Bonchev–Trinajstić information content (AvgIpc) is 2.85. The summed E-state index contributed by atoms with van der Waals surface area (Å²) in [6.07, 6.45) is 3.70. The van der Waals surface area contributed by atoms with Crippen LogP contribution in [0.3, 0.4) is 0 Å². The minimum Gasteiger partial charge on any atom is -0.480 e. The maximum Gasteiger partial charge on any atom is 0.323 e. The second-order valence-electron chi connectivity index (χ2n) is 5.72. The highest BCUT2D eigenvalue weighted by molar-refractivity contribution is 5.89. The van der Waals surface area contributed by atoms with Gasteiger partial charge in [0.2, 0.25) is 11.8 Å². The van der Waals surface area contributed by atoms with E-state index >= 15 is 0 Å². The largest absolute Gasteiger partial charge is 0.480 e. The molecule has 1 aliphatic rings. The molecule has 1 saturated carbocycles. The Morgan fingerprint density at radius 3 is 2.20 bits per heavy atom. The Morgan fingerprint density at radius 2 is 1.80 bits per heavy atom. The van der Waals surface area contributed by atoms with Crippen molar-refractivity contribution in [1.82, 2.24) is 10.2 Å². The minimum absolute atomic E-state index is 0.0198. The van der Waals surface area contributed by atoms with Crippen LogP contribution in [-0.2, 0) is 14.4 Å². The number of hydrogen-bond acceptors (Lipinski definition) is 3. The molecular formula is C14H24N2O4. The molecule has 20 heavy (non-hydrogen) atoms. The molecule has 1 atom stereocenters. The fourth-order valence-electron chi connectivity index (χ4n) is 2.66. The van der Waals surface area contributed by atoms with Crippen molar-refractivity contribution in [3.63, 3.8) is 0 Å². The van der Waals surface area contributed by atoms with Gasteiger partial charge in [0.25, 0.3) is 0 Å². The van der Waals surface area contributed by atoms with E-state index in [0.717, 1.165) is 25.7 Å². The molecule has 6 nitrogen and oxygen atoms in total. The first kappa shape index (κ1) is 16.5. The SMILES string of the molecule is CC(=O)NC(C(=O)N(CC(=O)O)C1CCCC1)C(C)C. The highest BCUT2D eigenvalue weighted by Crippen LogP contribution is 2.24. The Labute approximate surface area is 119 Å². The molecule has 2 amide bonds. The van der Waals surface area contributed by atoms with Crippen LogP contribution in [0.1, 0.15) is 46.5 Å². The van der Waals surface area contributed by atoms with E-state index in [0.29, 0.717) is 0 Å². The first-order valence-corrected chi connectivity index (χ1v) is 7.12. The van der Waals surface area contributed by atoms with Gasteiger partial charge in [-0.1, -0.05) is 26.7 Å². The van der Waals surface area contributed by atoms with Crippen molar-refractivity contribution in [2.45, 2.75) is 58.5 Å². The maximum absolute atomic E-state index is 12.6. The number of carbonyl (C=O) groups is 3. The van der Waals surface area contributed by atoms with Crippen LogP contribution in [0.25, 0.3) is 0 Å². The van der Waals surface area contributed by atoms with E-state index in [1.54, 1.807) is 0 Å². The zero-order valence-electron chi connectivity index (χ0n) is 12.4. The van der Waals surface area contributed by atoms with Gasteiger partial charge in [0.1, 0.15) is 12.6 Å². The topological polar surface area (TPSA) is 86.7 Å². The van der Waals surface area contributed by atoms with E-state index in [4.69, 9.17) is 5.11 Å². The van der Waals surface area contributed by atoms with Gasteiger partial charge >= 0.3 is 5.97 Å². The van der Waals surface area contributed by atoms with Gasteiger partial charge in [-0.05, 0) is 18.8 Å². The highest BCUT2D eigenvalue weighted by atomic mass is 16.4. The maximum atomic E-state index is 12.6. The molecule has 2 N–H and O–H groups in total. The molecule has 0 radical (unpaired) electrons. The number of carboxylic acids is 1. The monoisotopic (exact) mass is 284 g/mol. The van der Waals surface area contributed by atoms with Crippen molar-refractivity contribution in [2.24, 2.45) is 5.92 Å². The van der Waals surface area contributed by atoms with Crippen LogP contribution in [0, 0.1) is 5.92 Å². The molecule has 0 aliphatic heterocycles. The summed E-state index contributed by atoms with van der Waals surface area (Å²) < 4.78 is 0. The lowest BCUT2D eigenvalue weighted by atomic mass is 10.0. The number of nitrogens with one attached hydrogen (secondary N) is 1. The average molecular weight is 284 g/mol. The number of rotatable bonds is 6. The van der Waals surface area contributed by atoms with Crippen LogP contribution in [0.4, 0.5) is 0 Å². The summed E-state index contributed by atoms with van der Waals surface area (Å²) in [6, 6.07) is -0.680. The number of carbonyl (C=O) groups excluding carboxylic acids is 2. The number of carboxylic acid groups (broad SMARTS) is 1. The standard InChI is InChI=1S/C14H24N2O4/c1-9(2)13(15-10(3)17)14(20)16(8-12(18)19)11-6-4-5-7-11/h9,11,13H,4-8H2,1-3H3,(H,15,17)(H,18,19). The van der Waals surface area contributed by atoms with Gasteiger partial charge in [-0.3, -0.25) is 14.4 Å². The van der Waals surface area contributed by atoms with Crippen LogP contribution in [0.5, 0.6) is 0 Å². The minimum atomic E-state index is -1.02. The molecule has 1 unspecified atom stereocenters. The molecular weight excluding hydrogens is 260 g/mol. The molecule has 1 fully saturated rings. The lowest BCUT2D eigenvalue weighted by Gasteiger charge is -2.32. The van der Waals surface area contributed by atoms with Gasteiger partial charge in [0.05, 0.1) is 0 Å². The lowest BCUT2D eigenvalue weighted by molar-refractivity contribution is -0.148. The molecule has 0 saturated heterocycles. The molecule has 0 bridgehead atoms. The third-order valence-corrected chi connectivity index (χ3v) is 3.65. The zero-order chi connectivity index (χ0) is 15.3. The summed E-state index contributed by atoms with van der Waals surface area (Å²) in [5, 5.41) is 11.6. The predicted octanol–water partition coefficient (Wildman–Crippen LogP) is 1.00. The Balaban J connectivity index is 2.88. The van der Waals surface area contributed by atoms with E-state index < -0.39 is 12.0 Å². The molecule has 114 valence electrons. The van der Waals surface area contributed by atoms with Crippen molar-refractivity contribution in [1.29, 1.82) is 0 Å². The summed E-state index contributed by atoms with van der Waals surface area (Å²) in [7, 11) is 0. The van der Waals surface area contributed by atoms with E-state index in [-0.39, 0.29) is 30.3 Å². The summed E-state index contributed by atoms with van der Waals surface area (Å²) >= 11 is 0. The van der Waals surface area contributed by atoms with Crippen LogP contribution in [-0.4, -0.2) is 46.4 Å². The number of amides is 2. The second kappa shape index (κ2) is 7.26. The first-order chi connectivity index (χ1) is 9.32. The van der Waals surface area contributed by atoms with Gasteiger partial charge in [-0.2, -0.15) is 0 Å². The van der Waals surface area contributed by atoms with E-state index in [1.165, 1.54) is 11.8 Å². The molecule has 0 aromatic heterocycles. The molecule has 0 heterocycles. The van der Waals surface area contributed by atoms with Crippen molar-refractivity contribution < 1.29 is 19.5 Å². The third kappa shape index (κ3) is 4.51. The molecule has 0 spiro atoms. The van der Waals surface area contributed by atoms with Gasteiger partial charge in [-0.25, -0.2) is 0 Å². The van der Waals surface area contributed by atoms with E-state index in [9.17, 15) is 14.4 Å². The summed E-state index contributed by atoms with van der Waals surface area (Å²) in [5.41, 5.74) is 0. The summed E-state index contributed by atoms with van der Waals surface area (Å²) in [6.45, 7) is 4.74. The number of hydrogen-bond donors (Lipinski definition) is 2. The molecule has 0 aromatic carbocycles. The van der Waals surface area contributed by atoms with Gasteiger partial charge < -0.3 is 15.3 Å². The molecule has 1 aliphatic carbocycles. The number of aliphatic carboxylic acids is 1. The van der Waals surface area contributed by atoms with Crippen molar-refractivity contribution in [2.75, 3.05) is 6.54 Å². The molecule has 0 aromatic rings. The number of nitrogens with zero attached hydrogens (tertiary/aromatic N) is 1. The van der Waals surface area contributed by atoms with Crippen molar-refractivity contribution in [3.05, 3.63) is 0 Å². The van der Waals surface area contributed by atoms with Gasteiger partial charge in [0, 0.05) is 13.0 Å². The first-order valence-electron chi connectivity index (χ1n) is 7.12. The van der Waals surface area contributed by atoms with Gasteiger partial charge in [-0.15, -0.1) is 0 Å². The fourth-order valence-corrected chi connectivity index (χ4v) is 2.66. The van der Waals surface area contributed by atoms with E-state index in [1.807, 2.05) is 13.8 Å².